The minimum atomic E-state index is -0.125. The van der Waals surface area contributed by atoms with Gasteiger partial charge in [-0.05, 0) is 67.0 Å². The molecule has 0 fully saturated rings. The number of ketones is 1. The quantitative estimate of drug-likeness (QED) is 0.130. The molecule has 0 aliphatic heterocycles. The molecular formula is C35H42IrNO3-. The molecule has 5 heteroatoms. The van der Waals surface area contributed by atoms with Crippen molar-refractivity contribution in [3.05, 3.63) is 88.3 Å². The maximum atomic E-state index is 10.0. The minimum Gasteiger partial charge on any atom is -0.512 e. The van der Waals surface area contributed by atoms with Crippen molar-refractivity contribution < 1.29 is 34.4 Å². The van der Waals surface area contributed by atoms with Gasteiger partial charge in [0.2, 0.25) is 0 Å². The van der Waals surface area contributed by atoms with Crippen LogP contribution in [0.3, 0.4) is 0 Å². The van der Waals surface area contributed by atoms with E-state index in [2.05, 4.69) is 105 Å². The van der Waals surface area contributed by atoms with Gasteiger partial charge in [0.25, 0.3) is 0 Å². The second-order valence-electron chi connectivity index (χ2n) is 12.6. The molecule has 0 bridgehead atoms. The van der Waals surface area contributed by atoms with Gasteiger partial charge in [0.1, 0.15) is 5.76 Å². The number of hydrogen-bond donors (Lipinski definition) is 1. The van der Waals surface area contributed by atoms with Gasteiger partial charge < -0.3 is 14.5 Å². The zero-order valence-corrected chi connectivity index (χ0v) is 28.1. The third-order valence-electron chi connectivity index (χ3n) is 6.61. The number of hydrogen-bond acceptors (Lipinski definition) is 4. The first-order valence-electron chi connectivity index (χ1n) is 13.4. The first-order chi connectivity index (χ1) is 18.0. The number of allylic oxidation sites excluding steroid dienone is 2. The van der Waals surface area contributed by atoms with E-state index in [0.717, 1.165) is 33.6 Å². The van der Waals surface area contributed by atoms with Crippen LogP contribution in [-0.4, -0.2) is 15.9 Å². The molecule has 4 aromatic rings. The van der Waals surface area contributed by atoms with Crippen molar-refractivity contribution in [2.24, 2.45) is 0 Å². The zero-order valence-electron chi connectivity index (χ0n) is 25.7. The van der Waals surface area contributed by atoms with Gasteiger partial charge in [0, 0.05) is 37.1 Å². The number of aliphatic hydroxyl groups excluding tert-OH is 1. The van der Waals surface area contributed by atoms with Gasteiger partial charge in [-0.3, -0.25) is 4.79 Å². The van der Waals surface area contributed by atoms with Crippen LogP contribution in [-0.2, 0) is 35.7 Å². The Labute approximate surface area is 253 Å². The van der Waals surface area contributed by atoms with Crippen LogP contribution < -0.4 is 0 Å². The predicted molar refractivity (Wildman–Crippen MR) is 162 cm³/mol. The molecule has 4 rings (SSSR count). The first-order valence-corrected chi connectivity index (χ1v) is 13.4. The van der Waals surface area contributed by atoms with Crippen molar-refractivity contribution in [3.8, 4) is 22.6 Å². The van der Waals surface area contributed by atoms with Crippen LogP contribution in [0, 0.1) is 26.8 Å². The number of rotatable bonds is 3. The Morgan fingerprint density at radius 3 is 1.90 bits per heavy atom. The smallest absolute Gasteiger partial charge is 0.155 e. The van der Waals surface area contributed by atoms with Crippen molar-refractivity contribution in [3.63, 3.8) is 0 Å². The maximum Gasteiger partial charge on any atom is 0.155 e. The van der Waals surface area contributed by atoms with Gasteiger partial charge in [-0.15, -0.1) is 34.9 Å². The summed E-state index contributed by atoms with van der Waals surface area (Å²) in [5.41, 5.74) is 10.4. The average Bonchev–Trinajstić information content (AvgIpc) is 3.19. The third-order valence-corrected chi connectivity index (χ3v) is 6.61. The summed E-state index contributed by atoms with van der Waals surface area (Å²) in [6, 6.07) is 16.7. The summed E-state index contributed by atoms with van der Waals surface area (Å²) in [6.07, 6.45) is 3.01. The number of nitrogens with zero attached hydrogens (tertiary/aromatic N) is 1. The Hall–Kier alpha value is -3.01. The molecule has 1 N–H and O–H groups in total. The molecule has 0 spiro atoms. The Morgan fingerprint density at radius 2 is 1.43 bits per heavy atom. The van der Waals surface area contributed by atoms with E-state index in [0.29, 0.717) is 0 Å². The number of carbonyl (C=O) groups is 1. The molecule has 0 amide bonds. The van der Waals surface area contributed by atoms with E-state index in [1.165, 1.54) is 47.7 Å². The molecule has 1 radical (unpaired) electrons. The molecule has 2 aromatic heterocycles. The van der Waals surface area contributed by atoms with Crippen LogP contribution in [0.25, 0.3) is 33.6 Å². The monoisotopic (exact) mass is 717 g/mol. The summed E-state index contributed by atoms with van der Waals surface area (Å²) in [6.45, 7) is 22.8. The topological polar surface area (TPSA) is 63.3 Å². The molecule has 4 nitrogen and oxygen atoms in total. The summed E-state index contributed by atoms with van der Waals surface area (Å²) >= 11 is 0. The zero-order chi connectivity index (χ0) is 29.3. The van der Waals surface area contributed by atoms with Gasteiger partial charge in [-0.25, -0.2) is 0 Å². The number of fused-ring (bicyclic) bond motifs is 1. The number of aromatic nitrogens is 1. The third kappa shape index (κ3) is 8.25. The summed E-state index contributed by atoms with van der Waals surface area (Å²) in [5.74, 6) is 0.838. The second-order valence-corrected chi connectivity index (χ2v) is 12.6. The van der Waals surface area contributed by atoms with E-state index >= 15 is 0 Å². The maximum absolute atomic E-state index is 10.0. The molecule has 0 aliphatic carbocycles. The predicted octanol–water partition coefficient (Wildman–Crippen LogP) is 9.52. The Balaban J connectivity index is 0.000000623. The molecule has 0 unspecified atom stereocenters. The van der Waals surface area contributed by atoms with Gasteiger partial charge in [-0.2, -0.15) is 0 Å². The second kappa shape index (κ2) is 12.7. The van der Waals surface area contributed by atoms with Crippen LogP contribution >= 0.6 is 0 Å². The van der Waals surface area contributed by atoms with Crippen LogP contribution in [0.2, 0.25) is 0 Å². The van der Waals surface area contributed by atoms with Crippen LogP contribution in [0.4, 0.5) is 0 Å². The Morgan fingerprint density at radius 1 is 0.875 bits per heavy atom. The number of aliphatic hydroxyl groups is 1. The Bertz CT molecular complexity index is 1520. The molecule has 40 heavy (non-hydrogen) atoms. The molecule has 2 heterocycles. The van der Waals surface area contributed by atoms with Gasteiger partial charge >= 0.3 is 0 Å². The number of pyridine rings is 1. The number of aryl methyl sites for hydroxylation is 3. The van der Waals surface area contributed by atoms with Crippen molar-refractivity contribution >= 4 is 16.8 Å². The molecule has 2 aromatic carbocycles. The van der Waals surface area contributed by atoms with Gasteiger partial charge in [0.05, 0.1) is 12.0 Å². The van der Waals surface area contributed by atoms with E-state index in [1.54, 1.807) is 0 Å². The van der Waals surface area contributed by atoms with Crippen molar-refractivity contribution in [1.29, 1.82) is 0 Å². The fourth-order valence-corrected chi connectivity index (χ4v) is 4.58. The molecular weight excluding hydrogens is 675 g/mol. The Kier molecular flexibility index (Phi) is 10.5. The van der Waals surface area contributed by atoms with Crippen molar-refractivity contribution in [2.45, 2.75) is 87.0 Å². The first kappa shape index (κ1) is 33.2. The van der Waals surface area contributed by atoms with Crippen LogP contribution in [0.1, 0.15) is 83.2 Å². The van der Waals surface area contributed by atoms with Gasteiger partial charge in [-0.1, -0.05) is 66.7 Å². The summed E-state index contributed by atoms with van der Waals surface area (Å²) < 4.78 is 6.26. The van der Waals surface area contributed by atoms with Crippen LogP contribution in [0.15, 0.2) is 58.8 Å². The largest absolute Gasteiger partial charge is 0.512 e. The molecule has 0 atom stereocenters. The minimum absolute atomic E-state index is 0. The van der Waals surface area contributed by atoms with E-state index < -0.39 is 0 Å². The number of benzene rings is 2. The van der Waals surface area contributed by atoms with Crippen molar-refractivity contribution in [1.82, 2.24) is 4.98 Å². The molecule has 0 saturated carbocycles. The molecule has 215 valence electrons. The summed E-state index contributed by atoms with van der Waals surface area (Å²) in [4.78, 5) is 14.7. The SMILES string of the molecule is CC(=O)/C=C(/C)O.Cc1[c-]c(-c2cc3cc(-c4c(C)cc(C(C)(C)C)cc4C)oc3cn2)cc(C(C)(C)C)c1.[Ir]. The standard InChI is InChI=1S/C30H34NO.C5H8O2.Ir/c1-18-10-21(14-23(11-18)29(4,5)6)25-15-22-16-26(32-27(22)17-31-25)28-19(2)12-24(13-20(28)3)30(7,8)9;1-4(6)3-5(2)7;/h11-17H,1-9H3;3,6H,1-2H3;/q-1;;/b;4-3-;. The normalized spacial score (nSPS) is 12.0. The van der Waals surface area contributed by atoms with Crippen molar-refractivity contribution in [2.75, 3.05) is 0 Å². The fourth-order valence-electron chi connectivity index (χ4n) is 4.58. The summed E-state index contributed by atoms with van der Waals surface area (Å²) in [5, 5.41) is 9.43. The summed E-state index contributed by atoms with van der Waals surface area (Å²) in [7, 11) is 0. The van der Waals surface area contributed by atoms with E-state index in [1.807, 2.05) is 6.20 Å². The average molecular weight is 717 g/mol. The number of carbonyl (C=O) groups excluding carboxylic acids is 1. The van der Waals surface area contributed by atoms with E-state index in [-0.39, 0.29) is 42.5 Å². The van der Waals surface area contributed by atoms with Gasteiger partial charge in [0.15, 0.2) is 11.4 Å². The van der Waals surface area contributed by atoms with E-state index in [4.69, 9.17) is 14.5 Å². The van der Waals surface area contributed by atoms with Crippen LogP contribution in [0.5, 0.6) is 0 Å². The van der Waals surface area contributed by atoms with E-state index in [9.17, 15) is 4.79 Å². The molecule has 0 aliphatic rings. The number of furan rings is 1. The molecule has 0 saturated heterocycles. The fraction of sp³-hybridized carbons (Fsp3) is 0.371.